The summed E-state index contributed by atoms with van der Waals surface area (Å²) in [7, 11) is 0. The molecule has 4 heterocycles. The van der Waals surface area contributed by atoms with E-state index in [0.29, 0.717) is 11.4 Å². The van der Waals surface area contributed by atoms with Gasteiger partial charge in [0.1, 0.15) is 5.75 Å². The molecule has 6 heteroatoms. The maximum atomic E-state index is 8.07. The average molecular weight is 601 g/mol. The summed E-state index contributed by atoms with van der Waals surface area (Å²) < 4.78 is 34.4. The molecule has 0 atom stereocenters. The Hall–Kier alpha value is -4.39. The molecule has 3 aromatic heterocycles. The average Bonchev–Trinajstić information content (AvgIpc) is 3.72. The van der Waals surface area contributed by atoms with Crippen molar-refractivity contribution in [3.8, 4) is 22.1 Å². The topological polar surface area (TPSA) is 28.6 Å². The van der Waals surface area contributed by atoms with Gasteiger partial charge in [-0.15, -0.1) is 11.3 Å². The Morgan fingerprint density at radius 3 is 2.49 bits per heavy atom. The van der Waals surface area contributed by atoms with Crippen LogP contribution in [0.25, 0.3) is 41.5 Å². The Balaban J connectivity index is 1.22. The van der Waals surface area contributed by atoms with E-state index in [-0.39, 0.29) is 12.1 Å². The number of rotatable bonds is 4. The highest BCUT2D eigenvalue weighted by Crippen LogP contribution is 2.48. The van der Waals surface area contributed by atoms with Gasteiger partial charge in [-0.25, -0.2) is 0 Å². The summed E-state index contributed by atoms with van der Waals surface area (Å²) in [6, 6.07) is 32.8. The number of hydrogen-bond acceptors (Lipinski definition) is 6. The van der Waals surface area contributed by atoms with E-state index < -0.39 is 6.98 Å². The lowest BCUT2D eigenvalue weighted by atomic mass is 9.86. The first-order valence-electron chi connectivity index (χ1n) is 15.8. The van der Waals surface area contributed by atoms with Gasteiger partial charge in [0.15, 0.2) is 5.06 Å². The summed E-state index contributed by atoms with van der Waals surface area (Å²) in [6.45, 7) is 4.68. The van der Waals surface area contributed by atoms with Crippen molar-refractivity contribution >= 4 is 70.0 Å². The van der Waals surface area contributed by atoms with Crippen LogP contribution in [-0.4, -0.2) is 18.6 Å². The molecule has 1 aliphatic rings. The summed E-state index contributed by atoms with van der Waals surface area (Å²) >= 11 is 3.44. The summed E-state index contributed by atoms with van der Waals surface area (Å²) in [4.78, 5) is 8.40. The van der Waals surface area contributed by atoms with Gasteiger partial charge in [0.2, 0.25) is 0 Å². The van der Waals surface area contributed by atoms with Gasteiger partial charge in [0, 0.05) is 70.9 Å². The minimum Gasteiger partial charge on any atom is -0.447 e. The van der Waals surface area contributed by atoms with E-state index in [1.807, 2.05) is 71.0 Å². The normalized spacial score (nSPS) is 14.7. The van der Waals surface area contributed by atoms with Crippen LogP contribution in [0.4, 0.5) is 17.1 Å². The van der Waals surface area contributed by atoms with E-state index in [9.17, 15) is 0 Å². The lowest BCUT2D eigenvalue weighted by molar-refractivity contribution is 0.497. The fourth-order valence-electron chi connectivity index (χ4n) is 5.98. The number of para-hydroxylation sites is 2. The number of benzene rings is 4. The van der Waals surface area contributed by atoms with E-state index in [4.69, 9.17) is 13.8 Å². The van der Waals surface area contributed by atoms with E-state index in [0.717, 1.165) is 37.8 Å². The van der Waals surface area contributed by atoms with Crippen molar-refractivity contribution in [3.05, 3.63) is 109 Å². The Bertz CT molecular complexity index is 2280. The Labute approximate surface area is 263 Å². The third-order valence-corrected chi connectivity index (χ3v) is 10.2. The molecule has 43 heavy (non-hydrogen) atoms. The van der Waals surface area contributed by atoms with Crippen LogP contribution in [0, 0.1) is 0 Å². The van der Waals surface area contributed by atoms with Gasteiger partial charge in [-0.2, -0.15) is 0 Å². The molecule has 4 aromatic carbocycles. The third-order valence-electron chi connectivity index (χ3n) is 8.12. The number of hydrogen-bond donors (Lipinski definition) is 0. The molecule has 0 fully saturated rings. The van der Waals surface area contributed by atoms with Crippen molar-refractivity contribution in [1.29, 1.82) is 0 Å². The molecule has 0 aliphatic carbocycles. The molecule has 0 radical (unpaired) electrons. The Kier molecular flexibility index (Phi) is 5.28. The van der Waals surface area contributed by atoms with Crippen LogP contribution < -0.4 is 14.5 Å². The SMILES string of the molecule is [2H]C([2H])([2H])N1CN(c2cccc(Oc3cc4c(-c5cc(C(C)(C)C)ccn5)c5c(cc4s3)sc3ccccc35)c2)c2ccccc21. The van der Waals surface area contributed by atoms with Crippen LogP contribution in [0.2, 0.25) is 0 Å². The van der Waals surface area contributed by atoms with E-state index >= 15 is 0 Å². The molecule has 0 amide bonds. The third kappa shape index (κ3) is 4.44. The van der Waals surface area contributed by atoms with Crippen LogP contribution in [0.5, 0.6) is 10.8 Å². The molecule has 0 N–H and O–H groups in total. The molecule has 0 saturated carbocycles. The quantitative estimate of drug-likeness (QED) is 0.201. The van der Waals surface area contributed by atoms with Crippen LogP contribution in [0.15, 0.2) is 103 Å². The summed E-state index contributed by atoms with van der Waals surface area (Å²) in [5.41, 5.74) is 5.76. The maximum Gasteiger partial charge on any atom is 0.182 e. The van der Waals surface area contributed by atoms with Gasteiger partial charge in [0.25, 0.3) is 0 Å². The smallest absolute Gasteiger partial charge is 0.182 e. The summed E-state index contributed by atoms with van der Waals surface area (Å²) in [5, 5.41) is 4.37. The molecule has 212 valence electrons. The van der Waals surface area contributed by atoms with Crippen molar-refractivity contribution in [1.82, 2.24) is 4.98 Å². The van der Waals surface area contributed by atoms with Crippen LogP contribution in [-0.2, 0) is 5.41 Å². The fourth-order valence-corrected chi connectivity index (χ4v) is 8.19. The first-order valence-corrected chi connectivity index (χ1v) is 15.9. The molecule has 0 unspecified atom stereocenters. The molecule has 0 spiro atoms. The van der Waals surface area contributed by atoms with Crippen LogP contribution >= 0.6 is 22.7 Å². The minimum atomic E-state index is -2.24. The number of thiophene rings is 2. The predicted molar refractivity (Wildman–Crippen MR) is 185 cm³/mol. The highest BCUT2D eigenvalue weighted by atomic mass is 32.1. The first kappa shape index (κ1) is 23.1. The van der Waals surface area contributed by atoms with E-state index in [1.54, 1.807) is 11.3 Å². The Morgan fingerprint density at radius 2 is 1.63 bits per heavy atom. The van der Waals surface area contributed by atoms with Crippen molar-refractivity contribution < 1.29 is 8.85 Å². The summed E-state index contributed by atoms with van der Waals surface area (Å²) in [5.74, 6) is 0.690. The van der Waals surface area contributed by atoms with Gasteiger partial charge in [-0.1, -0.05) is 68.5 Å². The molecule has 0 bridgehead atoms. The number of pyridine rings is 1. The second-order valence-corrected chi connectivity index (χ2v) is 14.1. The molecule has 1 aliphatic heterocycles. The molecule has 7 aromatic rings. The zero-order valence-electron chi connectivity index (χ0n) is 27.1. The first-order chi connectivity index (χ1) is 22.0. The standard InChI is InChI=1S/C37H31N3OS2/c1-37(2,3)23-16-17-38-28(18-23)35-27-20-34(43-32(27)21-33-36(35)26-12-5-8-15-31(26)42-33)41-25-11-9-10-24(19-25)40-22-39(4)29-13-6-7-14-30(29)40/h5-21H,22H2,1-4H3/i4D3. The molecular weight excluding hydrogens is 567 g/mol. The van der Waals surface area contributed by atoms with Crippen LogP contribution in [0.3, 0.4) is 0 Å². The lowest BCUT2D eigenvalue weighted by Gasteiger charge is -2.20. The number of ether oxygens (including phenoxy) is 1. The predicted octanol–water partition coefficient (Wildman–Crippen LogP) is 11.0. The number of fused-ring (bicyclic) bond motifs is 5. The van der Waals surface area contributed by atoms with E-state index in [1.165, 1.54) is 30.6 Å². The number of aromatic nitrogens is 1. The van der Waals surface area contributed by atoms with Gasteiger partial charge in [-0.3, -0.25) is 4.98 Å². The molecule has 4 nitrogen and oxygen atoms in total. The molecule has 0 saturated heterocycles. The Morgan fingerprint density at radius 1 is 0.791 bits per heavy atom. The second-order valence-electron chi connectivity index (χ2n) is 12.0. The van der Waals surface area contributed by atoms with Crippen molar-refractivity contribution in [2.24, 2.45) is 0 Å². The summed E-state index contributed by atoms with van der Waals surface area (Å²) in [6.07, 6.45) is 1.92. The van der Waals surface area contributed by atoms with Crippen LogP contribution in [0.1, 0.15) is 30.4 Å². The van der Waals surface area contributed by atoms with Crippen molar-refractivity contribution in [3.63, 3.8) is 0 Å². The maximum absolute atomic E-state index is 8.07. The van der Waals surface area contributed by atoms with Gasteiger partial charge >= 0.3 is 0 Å². The largest absolute Gasteiger partial charge is 0.447 e. The zero-order valence-corrected chi connectivity index (χ0v) is 25.7. The fraction of sp³-hybridized carbons (Fsp3) is 0.162. The molecular formula is C37H31N3OS2. The van der Waals surface area contributed by atoms with Gasteiger partial charge < -0.3 is 14.5 Å². The minimum absolute atomic E-state index is 0.00821. The number of anilines is 3. The highest BCUT2D eigenvalue weighted by molar-refractivity contribution is 7.26. The molecule has 8 rings (SSSR count). The lowest BCUT2D eigenvalue weighted by Crippen LogP contribution is -2.23. The van der Waals surface area contributed by atoms with E-state index in [2.05, 4.69) is 69.3 Å². The van der Waals surface area contributed by atoms with Gasteiger partial charge in [-0.05, 0) is 59.5 Å². The number of nitrogens with zero attached hydrogens (tertiary/aromatic N) is 3. The van der Waals surface area contributed by atoms with Crippen molar-refractivity contribution in [2.75, 3.05) is 23.4 Å². The zero-order chi connectivity index (χ0) is 31.8. The highest BCUT2D eigenvalue weighted by Gasteiger charge is 2.25. The second kappa shape index (κ2) is 9.83. The van der Waals surface area contributed by atoms with Gasteiger partial charge in [0.05, 0.1) is 23.7 Å². The monoisotopic (exact) mass is 600 g/mol. The van der Waals surface area contributed by atoms with Crippen molar-refractivity contribution in [2.45, 2.75) is 26.2 Å².